The lowest BCUT2D eigenvalue weighted by Crippen LogP contribution is -2.27. The highest BCUT2D eigenvalue weighted by Crippen LogP contribution is 2.36. The Morgan fingerprint density at radius 3 is 2.34 bits per heavy atom. The molecule has 0 unspecified atom stereocenters. The molecule has 5 heteroatoms. The highest BCUT2D eigenvalue weighted by molar-refractivity contribution is 8.75. The van der Waals surface area contributed by atoms with E-state index in [4.69, 9.17) is 4.74 Å². The van der Waals surface area contributed by atoms with Crippen molar-refractivity contribution in [3.63, 3.8) is 0 Å². The van der Waals surface area contributed by atoms with Crippen LogP contribution >= 0.6 is 21.8 Å². The molecular formula is C24H27NO2S2. The summed E-state index contributed by atoms with van der Waals surface area (Å²) in [6, 6.07) is 22.2. The molecule has 0 aliphatic rings. The van der Waals surface area contributed by atoms with Gasteiger partial charge in [0.05, 0.1) is 0 Å². The van der Waals surface area contributed by atoms with Crippen molar-refractivity contribution in [3.8, 4) is 5.75 Å². The second-order valence-electron chi connectivity index (χ2n) is 7.88. The van der Waals surface area contributed by atoms with Crippen molar-refractivity contribution < 1.29 is 9.53 Å². The van der Waals surface area contributed by atoms with Gasteiger partial charge in [-0.15, -0.1) is 0 Å². The molecule has 0 aromatic heterocycles. The van der Waals surface area contributed by atoms with E-state index in [9.17, 15) is 4.79 Å². The van der Waals surface area contributed by atoms with Gasteiger partial charge in [0, 0.05) is 27.8 Å². The zero-order valence-corrected chi connectivity index (χ0v) is 19.0. The summed E-state index contributed by atoms with van der Waals surface area (Å²) >= 11 is 0. The Kier molecular flexibility index (Phi) is 7.14. The van der Waals surface area contributed by atoms with Crippen molar-refractivity contribution in [1.82, 2.24) is 4.31 Å². The molecule has 3 aromatic rings. The normalized spacial score (nSPS) is 11.4. The molecule has 29 heavy (non-hydrogen) atoms. The largest absolute Gasteiger partial charge is 0.426 e. The molecule has 152 valence electrons. The zero-order valence-electron chi connectivity index (χ0n) is 17.3. The molecule has 0 spiro atoms. The average molecular weight is 426 g/mol. The summed E-state index contributed by atoms with van der Waals surface area (Å²) in [5.41, 5.74) is 1.43. The van der Waals surface area contributed by atoms with Gasteiger partial charge in [-0.3, -0.25) is 0 Å². The van der Waals surface area contributed by atoms with Crippen molar-refractivity contribution in [1.29, 1.82) is 0 Å². The molecule has 1 amide bonds. The number of hydrogen-bond acceptors (Lipinski definition) is 4. The second kappa shape index (κ2) is 9.59. The number of carbonyl (C=O) groups is 1. The van der Waals surface area contributed by atoms with Crippen LogP contribution < -0.4 is 4.74 Å². The van der Waals surface area contributed by atoms with Crippen LogP contribution in [0.1, 0.15) is 39.7 Å². The SMILES string of the molecule is CCCN(SSc1ccc(C(C)(C)C)cc1)C(=O)Oc1cccc2ccccc12. The Morgan fingerprint density at radius 2 is 1.66 bits per heavy atom. The number of fused-ring (bicyclic) bond motifs is 1. The molecule has 0 radical (unpaired) electrons. The van der Waals surface area contributed by atoms with Crippen LogP contribution in [0.3, 0.4) is 0 Å². The van der Waals surface area contributed by atoms with E-state index < -0.39 is 0 Å². The summed E-state index contributed by atoms with van der Waals surface area (Å²) in [5.74, 6) is 0.592. The first-order valence-electron chi connectivity index (χ1n) is 9.81. The second-order valence-corrected chi connectivity index (χ2v) is 10.1. The third-order valence-corrected chi connectivity index (χ3v) is 6.91. The molecule has 3 aromatic carbocycles. The van der Waals surface area contributed by atoms with Gasteiger partial charge in [-0.25, -0.2) is 9.10 Å². The van der Waals surface area contributed by atoms with Crippen LogP contribution in [0.5, 0.6) is 5.75 Å². The van der Waals surface area contributed by atoms with Crippen LogP contribution in [-0.4, -0.2) is 16.9 Å². The van der Waals surface area contributed by atoms with Crippen molar-refractivity contribution in [2.45, 2.75) is 44.4 Å². The maximum absolute atomic E-state index is 12.8. The quantitative estimate of drug-likeness (QED) is 0.299. The maximum atomic E-state index is 12.8. The lowest BCUT2D eigenvalue weighted by atomic mass is 9.87. The molecule has 0 bridgehead atoms. The van der Waals surface area contributed by atoms with E-state index in [-0.39, 0.29) is 11.5 Å². The van der Waals surface area contributed by atoms with Crippen molar-refractivity contribution in [2.24, 2.45) is 0 Å². The highest BCUT2D eigenvalue weighted by atomic mass is 33.1. The molecule has 0 heterocycles. The smallest absolute Gasteiger partial charge is 0.409 e. The third-order valence-electron chi connectivity index (χ3n) is 4.52. The highest BCUT2D eigenvalue weighted by Gasteiger charge is 2.18. The summed E-state index contributed by atoms with van der Waals surface area (Å²) in [6.45, 7) is 9.30. The fourth-order valence-electron chi connectivity index (χ4n) is 2.89. The van der Waals surface area contributed by atoms with Gasteiger partial charge < -0.3 is 4.74 Å². The minimum atomic E-state index is -0.341. The van der Waals surface area contributed by atoms with Crippen LogP contribution in [-0.2, 0) is 5.41 Å². The van der Waals surface area contributed by atoms with E-state index in [1.54, 1.807) is 15.1 Å². The number of benzene rings is 3. The molecule has 0 saturated carbocycles. The first-order chi connectivity index (χ1) is 13.9. The topological polar surface area (TPSA) is 29.5 Å². The molecule has 3 rings (SSSR count). The predicted octanol–water partition coefficient (Wildman–Crippen LogP) is 7.70. The van der Waals surface area contributed by atoms with Crippen LogP contribution in [0.4, 0.5) is 4.79 Å². The van der Waals surface area contributed by atoms with Crippen LogP contribution in [0.2, 0.25) is 0 Å². The van der Waals surface area contributed by atoms with Gasteiger partial charge in [0.1, 0.15) is 5.75 Å². The standard InChI is InChI=1S/C24H27NO2S2/c1-5-17-25(29-28-20-15-13-19(14-16-20)24(2,3)4)23(26)27-22-12-8-10-18-9-6-7-11-21(18)22/h6-16H,5,17H2,1-4H3. The monoisotopic (exact) mass is 425 g/mol. The Bertz CT molecular complexity index is 959. The Labute approximate surface area is 181 Å². The maximum Gasteiger partial charge on any atom is 0.426 e. The van der Waals surface area contributed by atoms with Gasteiger partial charge in [-0.2, -0.15) is 0 Å². The van der Waals surface area contributed by atoms with E-state index in [1.807, 2.05) is 42.5 Å². The summed E-state index contributed by atoms with van der Waals surface area (Å²) in [7, 11) is 2.99. The van der Waals surface area contributed by atoms with Crippen LogP contribution in [0.15, 0.2) is 71.6 Å². The summed E-state index contributed by atoms with van der Waals surface area (Å²) in [5, 5.41) is 2.00. The number of carbonyl (C=O) groups excluding carboxylic acids is 1. The van der Waals surface area contributed by atoms with Crippen molar-refractivity contribution >= 4 is 38.6 Å². The summed E-state index contributed by atoms with van der Waals surface area (Å²) in [4.78, 5) is 13.9. The van der Waals surface area contributed by atoms with E-state index in [2.05, 4.69) is 52.0 Å². The van der Waals surface area contributed by atoms with Gasteiger partial charge >= 0.3 is 6.09 Å². The fourth-order valence-corrected chi connectivity index (χ4v) is 4.94. The lowest BCUT2D eigenvalue weighted by molar-refractivity contribution is 0.183. The minimum Gasteiger partial charge on any atom is -0.409 e. The average Bonchev–Trinajstić information content (AvgIpc) is 2.71. The van der Waals surface area contributed by atoms with Gasteiger partial charge in [0.2, 0.25) is 0 Å². The Hall–Kier alpha value is -2.11. The molecule has 0 fully saturated rings. The number of rotatable bonds is 6. The number of ether oxygens (including phenoxy) is 1. The lowest BCUT2D eigenvalue weighted by Gasteiger charge is -2.21. The Balaban J connectivity index is 1.68. The molecular weight excluding hydrogens is 398 g/mol. The first kappa shape index (κ1) is 21.6. The van der Waals surface area contributed by atoms with Gasteiger partial charge in [0.25, 0.3) is 0 Å². The molecule has 0 atom stereocenters. The molecule has 0 aliphatic carbocycles. The van der Waals surface area contributed by atoms with Gasteiger partial charge in [-0.05, 0) is 51.8 Å². The van der Waals surface area contributed by atoms with E-state index in [0.29, 0.717) is 12.3 Å². The molecule has 3 nitrogen and oxygen atoms in total. The van der Waals surface area contributed by atoms with Crippen molar-refractivity contribution in [3.05, 3.63) is 72.3 Å². The zero-order chi connectivity index (χ0) is 20.9. The molecule has 0 N–H and O–H groups in total. The van der Waals surface area contributed by atoms with Crippen LogP contribution in [0.25, 0.3) is 10.8 Å². The van der Waals surface area contributed by atoms with E-state index in [0.717, 1.165) is 22.1 Å². The number of hydrogen-bond donors (Lipinski definition) is 0. The number of nitrogens with zero attached hydrogens (tertiary/aromatic N) is 1. The van der Waals surface area contributed by atoms with E-state index >= 15 is 0 Å². The molecule has 0 aliphatic heterocycles. The summed E-state index contributed by atoms with van der Waals surface area (Å²) < 4.78 is 7.43. The van der Waals surface area contributed by atoms with Crippen LogP contribution in [0, 0.1) is 0 Å². The Morgan fingerprint density at radius 1 is 0.966 bits per heavy atom. The first-order valence-corrected chi connectivity index (χ1v) is 11.9. The van der Waals surface area contributed by atoms with E-state index in [1.165, 1.54) is 16.5 Å². The molecule has 0 saturated heterocycles. The summed E-state index contributed by atoms with van der Waals surface area (Å²) in [6.07, 6.45) is 0.522. The third kappa shape index (κ3) is 5.71. The van der Waals surface area contributed by atoms with Crippen molar-refractivity contribution in [2.75, 3.05) is 6.54 Å². The fraction of sp³-hybridized carbons (Fsp3) is 0.292. The predicted molar refractivity (Wildman–Crippen MR) is 126 cm³/mol. The number of amides is 1. The van der Waals surface area contributed by atoms with Gasteiger partial charge in [0.15, 0.2) is 0 Å². The van der Waals surface area contributed by atoms with Gasteiger partial charge in [-0.1, -0.05) is 76.2 Å². The minimum absolute atomic E-state index is 0.132.